The number of rotatable bonds is 5. The summed E-state index contributed by atoms with van der Waals surface area (Å²) in [4.78, 5) is 5.21. The van der Waals surface area contributed by atoms with Gasteiger partial charge in [-0.3, -0.25) is 5.32 Å². The molecule has 3 unspecified atom stereocenters. The molecule has 6 aromatic carbocycles. The third kappa shape index (κ3) is 4.89. The monoisotopic (exact) mass is 607 g/mol. The van der Waals surface area contributed by atoms with Crippen LogP contribution in [0.5, 0.6) is 0 Å². The molecule has 0 radical (unpaired) electrons. The Labute approximate surface area is 273 Å². The molecule has 0 spiro atoms. The van der Waals surface area contributed by atoms with Crippen LogP contribution < -0.4 is 16.0 Å². The summed E-state index contributed by atoms with van der Waals surface area (Å²) in [7, 11) is 0. The van der Waals surface area contributed by atoms with Gasteiger partial charge >= 0.3 is 0 Å². The van der Waals surface area contributed by atoms with Crippen molar-refractivity contribution in [2.24, 2.45) is 4.99 Å². The van der Waals surface area contributed by atoms with E-state index in [-0.39, 0.29) is 18.5 Å². The fraction of sp³-hybridized carbons (Fsp3) is 0.0714. The van der Waals surface area contributed by atoms with E-state index in [1.165, 1.54) is 43.7 Å². The Kier molecular flexibility index (Phi) is 6.69. The molecular formula is C42H33N5. The van der Waals surface area contributed by atoms with Crippen molar-refractivity contribution in [3.63, 3.8) is 0 Å². The maximum atomic E-state index is 5.21. The summed E-state index contributed by atoms with van der Waals surface area (Å²) in [5.41, 5.74) is 8.02. The van der Waals surface area contributed by atoms with Gasteiger partial charge in [-0.1, -0.05) is 140 Å². The van der Waals surface area contributed by atoms with Gasteiger partial charge in [-0.25, -0.2) is 4.99 Å². The molecule has 5 heteroatoms. The van der Waals surface area contributed by atoms with E-state index < -0.39 is 0 Å². The van der Waals surface area contributed by atoms with Crippen molar-refractivity contribution >= 4 is 38.4 Å². The van der Waals surface area contributed by atoms with Crippen LogP contribution in [0.3, 0.4) is 0 Å². The number of aromatic nitrogens is 1. The number of nitrogens with one attached hydrogen (secondary N) is 3. The Balaban J connectivity index is 1.16. The average molecular weight is 608 g/mol. The summed E-state index contributed by atoms with van der Waals surface area (Å²) in [6, 6.07) is 51.6. The third-order valence-corrected chi connectivity index (χ3v) is 9.31. The van der Waals surface area contributed by atoms with Crippen LogP contribution in [0.1, 0.15) is 29.6 Å². The van der Waals surface area contributed by atoms with Crippen LogP contribution in [-0.4, -0.2) is 10.4 Å². The van der Waals surface area contributed by atoms with Gasteiger partial charge in [-0.15, -0.1) is 0 Å². The average Bonchev–Trinajstić information content (AvgIpc) is 3.50. The van der Waals surface area contributed by atoms with Gasteiger partial charge in [0.25, 0.3) is 0 Å². The predicted octanol–water partition coefficient (Wildman–Crippen LogP) is 9.15. The molecule has 3 atom stereocenters. The van der Waals surface area contributed by atoms with E-state index in [1.54, 1.807) is 0 Å². The lowest BCUT2D eigenvalue weighted by Gasteiger charge is -2.34. The smallest absolute Gasteiger partial charge is 0.148 e. The Bertz CT molecular complexity index is 2340. The standard InChI is InChI=1S/C42H33N5/c1-4-13-28(14-5-1)32-23-25-34-37(27-32)47(36-26-24-29-15-10-11-20-33(29)39(34)36)38-22-12-21-35(43-38)42-45-40(30-16-6-2-7-17-30)44-41(46-42)31-18-8-3-9-19-31/h1-27,38,40-41,43-44H,(H,45,46). The van der Waals surface area contributed by atoms with Crippen molar-refractivity contribution in [2.75, 3.05) is 0 Å². The number of amidine groups is 1. The maximum absolute atomic E-state index is 5.21. The van der Waals surface area contributed by atoms with Crippen molar-refractivity contribution in [3.05, 3.63) is 181 Å². The highest BCUT2D eigenvalue weighted by atomic mass is 15.3. The lowest BCUT2D eigenvalue weighted by molar-refractivity contribution is 0.406. The Morgan fingerprint density at radius 3 is 2.11 bits per heavy atom. The SMILES string of the molecule is C1=CC(n2c3cc(-c4ccccc4)ccc3c3c4ccccc4ccc32)NC(C2=NC(c3ccccc3)NC(c3ccccc3)N2)=C1. The predicted molar refractivity (Wildman–Crippen MR) is 194 cm³/mol. The molecule has 47 heavy (non-hydrogen) atoms. The number of dihydropyridines is 1. The quantitative estimate of drug-likeness (QED) is 0.183. The minimum atomic E-state index is -0.197. The highest BCUT2D eigenvalue weighted by Crippen LogP contribution is 2.39. The van der Waals surface area contributed by atoms with Crippen LogP contribution >= 0.6 is 0 Å². The maximum Gasteiger partial charge on any atom is 0.148 e. The lowest BCUT2D eigenvalue weighted by Crippen LogP contribution is -2.47. The largest absolute Gasteiger partial charge is 0.359 e. The zero-order valence-electron chi connectivity index (χ0n) is 25.7. The molecule has 1 aromatic heterocycles. The van der Waals surface area contributed by atoms with Crippen LogP contribution in [0.2, 0.25) is 0 Å². The van der Waals surface area contributed by atoms with E-state index >= 15 is 0 Å². The molecule has 0 amide bonds. The molecular weight excluding hydrogens is 574 g/mol. The third-order valence-electron chi connectivity index (χ3n) is 9.31. The highest BCUT2D eigenvalue weighted by molar-refractivity contribution is 6.21. The van der Waals surface area contributed by atoms with Gasteiger partial charge in [0.15, 0.2) is 0 Å². The Morgan fingerprint density at radius 2 is 1.30 bits per heavy atom. The van der Waals surface area contributed by atoms with Gasteiger partial charge in [0.2, 0.25) is 0 Å². The van der Waals surface area contributed by atoms with Gasteiger partial charge < -0.3 is 15.2 Å². The van der Waals surface area contributed by atoms with Gasteiger partial charge in [-0.2, -0.15) is 0 Å². The van der Waals surface area contributed by atoms with E-state index in [2.05, 4.69) is 178 Å². The first kappa shape index (κ1) is 27.4. The summed E-state index contributed by atoms with van der Waals surface area (Å²) < 4.78 is 2.44. The Morgan fingerprint density at radius 1 is 0.574 bits per heavy atom. The zero-order chi connectivity index (χ0) is 31.2. The number of allylic oxidation sites excluding steroid dienone is 2. The fourth-order valence-corrected chi connectivity index (χ4v) is 7.05. The van der Waals surface area contributed by atoms with Gasteiger partial charge in [0.1, 0.15) is 24.3 Å². The van der Waals surface area contributed by atoms with Crippen LogP contribution in [0, 0.1) is 0 Å². The number of fused-ring (bicyclic) bond motifs is 5. The van der Waals surface area contributed by atoms with E-state index in [4.69, 9.17) is 4.99 Å². The fourth-order valence-electron chi connectivity index (χ4n) is 7.05. The summed E-state index contributed by atoms with van der Waals surface area (Å²) in [5, 5.41) is 16.3. The second-order valence-corrected chi connectivity index (χ2v) is 12.1. The molecule has 2 aliphatic rings. The van der Waals surface area contributed by atoms with Crippen LogP contribution in [0.25, 0.3) is 43.7 Å². The number of aliphatic imine (C=N–C) groups is 1. The lowest BCUT2D eigenvalue weighted by atomic mass is 10.0. The van der Waals surface area contributed by atoms with Gasteiger partial charge in [0, 0.05) is 10.8 Å². The number of nitrogens with zero attached hydrogens (tertiary/aromatic N) is 2. The van der Waals surface area contributed by atoms with Gasteiger partial charge in [0.05, 0.1) is 16.7 Å². The topological polar surface area (TPSA) is 53.4 Å². The minimum Gasteiger partial charge on any atom is -0.359 e. The summed E-state index contributed by atoms with van der Waals surface area (Å²) in [6.45, 7) is 0. The van der Waals surface area contributed by atoms with Crippen molar-refractivity contribution in [2.45, 2.75) is 18.5 Å². The highest BCUT2D eigenvalue weighted by Gasteiger charge is 2.28. The number of hydrogen-bond acceptors (Lipinski definition) is 4. The van der Waals surface area contributed by atoms with Crippen molar-refractivity contribution in [3.8, 4) is 11.1 Å². The molecule has 0 saturated carbocycles. The molecule has 3 heterocycles. The van der Waals surface area contributed by atoms with E-state index in [1.807, 2.05) is 6.07 Å². The van der Waals surface area contributed by atoms with Crippen LogP contribution in [-0.2, 0) is 0 Å². The second kappa shape index (κ2) is 11.5. The van der Waals surface area contributed by atoms with Crippen molar-refractivity contribution in [1.29, 1.82) is 0 Å². The molecule has 226 valence electrons. The minimum absolute atomic E-state index is 0.103. The number of benzene rings is 6. The summed E-state index contributed by atoms with van der Waals surface area (Å²) in [5.74, 6) is 0.831. The molecule has 0 bridgehead atoms. The molecule has 0 fully saturated rings. The van der Waals surface area contributed by atoms with Crippen LogP contribution in [0.4, 0.5) is 0 Å². The summed E-state index contributed by atoms with van der Waals surface area (Å²) >= 11 is 0. The number of hydrogen-bond donors (Lipinski definition) is 3. The summed E-state index contributed by atoms with van der Waals surface area (Å²) in [6.07, 6.45) is 6.07. The van der Waals surface area contributed by atoms with E-state index in [0.29, 0.717) is 0 Å². The van der Waals surface area contributed by atoms with Crippen molar-refractivity contribution < 1.29 is 0 Å². The van der Waals surface area contributed by atoms with Gasteiger partial charge in [-0.05, 0) is 57.3 Å². The molecule has 3 N–H and O–H groups in total. The van der Waals surface area contributed by atoms with E-state index in [0.717, 1.165) is 22.7 Å². The molecule has 7 aromatic rings. The molecule has 9 rings (SSSR count). The normalized spacial score (nSPS) is 19.3. The second-order valence-electron chi connectivity index (χ2n) is 12.1. The zero-order valence-corrected chi connectivity index (χ0v) is 25.7. The molecule has 5 nitrogen and oxygen atoms in total. The molecule has 0 saturated heterocycles. The van der Waals surface area contributed by atoms with Crippen LogP contribution in [0.15, 0.2) is 175 Å². The Hall–Kier alpha value is -5.91. The first-order valence-corrected chi connectivity index (χ1v) is 16.2. The first-order valence-electron chi connectivity index (χ1n) is 16.2. The first-order chi connectivity index (χ1) is 23.3. The molecule has 0 aliphatic carbocycles. The molecule has 2 aliphatic heterocycles. The van der Waals surface area contributed by atoms with E-state index in [9.17, 15) is 0 Å². The van der Waals surface area contributed by atoms with Crippen molar-refractivity contribution in [1.82, 2.24) is 20.5 Å².